The summed E-state index contributed by atoms with van der Waals surface area (Å²) in [4.78, 5) is 3.85. The Morgan fingerprint density at radius 1 is 1.21 bits per heavy atom. The number of rotatable bonds is 5. The molecular formula is C15H19BrN2S. The van der Waals surface area contributed by atoms with Crippen molar-refractivity contribution in [3.8, 4) is 0 Å². The second-order valence-electron chi connectivity index (χ2n) is 4.97. The summed E-state index contributed by atoms with van der Waals surface area (Å²) >= 11 is 5.31. The Balaban J connectivity index is 2.06. The van der Waals surface area contributed by atoms with Crippen LogP contribution in [0.4, 0.5) is 5.69 Å². The monoisotopic (exact) mass is 338 g/mol. The Morgan fingerprint density at radius 2 is 1.89 bits per heavy atom. The Kier molecular flexibility index (Phi) is 5.02. The second kappa shape index (κ2) is 6.55. The maximum Gasteiger partial charge on any atom is 0.0334 e. The Morgan fingerprint density at radius 3 is 2.42 bits per heavy atom. The average Bonchev–Trinajstić information content (AvgIpc) is 2.76. The summed E-state index contributed by atoms with van der Waals surface area (Å²) in [6, 6.07) is 10.9. The molecule has 102 valence electrons. The van der Waals surface area contributed by atoms with Crippen molar-refractivity contribution in [1.29, 1.82) is 0 Å². The number of nitrogens with zero attached hydrogens (tertiary/aromatic N) is 1. The van der Waals surface area contributed by atoms with E-state index in [1.165, 1.54) is 14.9 Å². The van der Waals surface area contributed by atoms with Crippen molar-refractivity contribution >= 4 is 33.0 Å². The summed E-state index contributed by atoms with van der Waals surface area (Å²) in [5.74, 6) is 0. The van der Waals surface area contributed by atoms with Crippen LogP contribution in [0.3, 0.4) is 0 Å². The smallest absolute Gasteiger partial charge is 0.0334 e. The van der Waals surface area contributed by atoms with Crippen molar-refractivity contribution in [2.75, 3.05) is 5.73 Å². The molecular weight excluding hydrogens is 320 g/mol. The molecule has 2 nitrogen and oxygen atoms in total. The highest BCUT2D eigenvalue weighted by Crippen LogP contribution is 2.23. The van der Waals surface area contributed by atoms with Crippen LogP contribution in [0.1, 0.15) is 24.3 Å². The van der Waals surface area contributed by atoms with Gasteiger partial charge in [-0.1, -0.05) is 12.1 Å². The van der Waals surface area contributed by atoms with Crippen LogP contribution in [-0.2, 0) is 13.1 Å². The van der Waals surface area contributed by atoms with Crippen molar-refractivity contribution < 1.29 is 0 Å². The normalized spacial score (nSPS) is 11.4. The maximum absolute atomic E-state index is 5.73. The fraction of sp³-hybridized carbons (Fsp3) is 0.333. The van der Waals surface area contributed by atoms with Crippen LogP contribution in [0.2, 0.25) is 0 Å². The number of hydrogen-bond donors (Lipinski definition) is 1. The van der Waals surface area contributed by atoms with Crippen LogP contribution in [-0.4, -0.2) is 10.9 Å². The highest BCUT2D eigenvalue weighted by atomic mass is 79.9. The van der Waals surface area contributed by atoms with E-state index in [2.05, 4.69) is 58.3 Å². The van der Waals surface area contributed by atoms with Gasteiger partial charge in [0.25, 0.3) is 0 Å². The Hall–Kier alpha value is -0.840. The lowest BCUT2D eigenvalue weighted by atomic mass is 10.1. The maximum atomic E-state index is 5.73. The van der Waals surface area contributed by atoms with Gasteiger partial charge in [0.1, 0.15) is 0 Å². The Labute approximate surface area is 127 Å². The van der Waals surface area contributed by atoms with Crippen molar-refractivity contribution in [3.05, 3.63) is 50.6 Å². The van der Waals surface area contributed by atoms with E-state index in [0.717, 1.165) is 18.8 Å². The molecule has 0 radical (unpaired) electrons. The average molecular weight is 339 g/mol. The number of nitrogens with two attached hydrogens (primary N) is 1. The van der Waals surface area contributed by atoms with E-state index in [9.17, 15) is 0 Å². The van der Waals surface area contributed by atoms with Crippen LogP contribution in [0.5, 0.6) is 0 Å². The van der Waals surface area contributed by atoms with E-state index in [-0.39, 0.29) is 0 Å². The second-order valence-corrected chi connectivity index (χ2v) is 6.88. The van der Waals surface area contributed by atoms with Crippen molar-refractivity contribution in [2.45, 2.75) is 33.0 Å². The third-order valence-corrected chi connectivity index (χ3v) is 4.76. The van der Waals surface area contributed by atoms with Crippen LogP contribution in [0.25, 0.3) is 0 Å². The predicted octanol–water partition coefficient (Wildman–Crippen LogP) is 4.50. The summed E-state index contributed by atoms with van der Waals surface area (Å²) in [6.45, 7) is 6.41. The Bertz CT molecular complexity index is 519. The van der Waals surface area contributed by atoms with Crippen LogP contribution < -0.4 is 5.73 Å². The van der Waals surface area contributed by atoms with E-state index in [1.807, 2.05) is 12.1 Å². The van der Waals surface area contributed by atoms with Gasteiger partial charge in [-0.05, 0) is 53.5 Å². The molecule has 2 rings (SSSR count). The number of nitrogen functional groups attached to an aromatic ring is 1. The van der Waals surface area contributed by atoms with Crippen molar-refractivity contribution in [3.63, 3.8) is 0 Å². The SMILES string of the molecule is CC(C)N(Cc1ccc(N)cc1)Cc1cc(Br)cs1. The van der Waals surface area contributed by atoms with E-state index in [0.29, 0.717) is 6.04 Å². The first-order valence-corrected chi connectivity index (χ1v) is 8.03. The highest BCUT2D eigenvalue weighted by Gasteiger charge is 2.12. The lowest BCUT2D eigenvalue weighted by molar-refractivity contribution is 0.205. The molecule has 0 amide bonds. The van der Waals surface area contributed by atoms with E-state index >= 15 is 0 Å². The summed E-state index contributed by atoms with van der Waals surface area (Å²) < 4.78 is 1.17. The summed E-state index contributed by atoms with van der Waals surface area (Å²) in [7, 11) is 0. The van der Waals surface area contributed by atoms with Gasteiger partial charge in [0.2, 0.25) is 0 Å². The van der Waals surface area contributed by atoms with Gasteiger partial charge in [-0.15, -0.1) is 11.3 Å². The minimum absolute atomic E-state index is 0.512. The topological polar surface area (TPSA) is 29.3 Å². The van der Waals surface area contributed by atoms with Gasteiger partial charge >= 0.3 is 0 Å². The number of anilines is 1. The van der Waals surface area contributed by atoms with Crippen LogP contribution in [0, 0.1) is 0 Å². The first-order valence-electron chi connectivity index (χ1n) is 6.36. The van der Waals surface area contributed by atoms with E-state index < -0.39 is 0 Å². The lowest BCUT2D eigenvalue weighted by Gasteiger charge is -2.26. The fourth-order valence-electron chi connectivity index (χ4n) is 1.92. The van der Waals surface area contributed by atoms with Gasteiger partial charge in [-0.25, -0.2) is 0 Å². The number of hydrogen-bond acceptors (Lipinski definition) is 3. The minimum atomic E-state index is 0.512. The lowest BCUT2D eigenvalue weighted by Crippen LogP contribution is -2.29. The molecule has 2 aromatic rings. The molecule has 0 saturated carbocycles. The van der Waals surface area contributed by atoms with Gasteiger partial charge in [0, 0.05) is 39.5 Å². The molecule has 4 heteroatoms. The summed E-state index contributed by atoms with van der Waals surface area (Å²) in [6.07, 6.45) is 0. The quantitative estimate of drug-likeness (QED) is 0.813. The van der Waals surface area contributed by atoms with Gasteiger partial charge < -0.3 is 5.73 Å². The van der Waals surface area contributed by atoms with Crippen molar-refractivity contribution in [1.82, 2.24) is 4.90 Å². The third kappa shape index (κ3) is 4.34. The number of benzene rings is 1. The molecule has 1 aromatic heterocycles. The molecule has 1 aromatic carbocycles. The third-order valence-electron chi connectivity index (χ3n) is 3.08. The number of thiophene rings is 1. The van der Waals surface area contributed by atoms with Crippen LogP contribution >= 0.6 is 27.3 Å². The van der Waals surface area contributed by atoms with Gasteiger partial charge in [0.05, 0.1) is 0 Å². The van der Waals surface area contributed by atoms with E-state index in [1.54, 1.807) is 11.3 Å². The largest absolute Gasteiger partial charge is 0.399 e. The molecule has 1 heterocycles. The minimum Gasteiger partial charge on any atom is -0.399 e. The first kappa shape index (κ1) is 14.6. The first-order chi connectivity index (χ1) is 9.04. The fourth-order valence-corrected chi connectivity index (χ4v) is 3.39. The number of halogens is 1. The van der Waals surface area contributed by atoms with Gasteiger partial charge in [-0.3, -0.25) is 4.90 Å². The predicted molar refractivity (Wildman–Crippen MR) is 87.3 cm³/mol. The molecule has 0 aliphatic rings. The molecule has 0 aliphatic heterocycles. The molecule has 0 unspecified atom stereocenters. The van der Waals surface area contributed by atoms with Gasteiger partial charge in [-0.2, -0.15) is 0 Å². The molecule has 0 aliphatic carbocycles. The molecule has 0 fully saturated rings. The molecule has 2 N–H and O–H groups in total. The molecule has 19 heavy (non-hydrogen) atoms. The molecule has 0 saturated heterocycles. The van der Waals surface area contributed by atoms with Crippen LogP contribution in [0.15, 0.2) is 40.2 Å². The van der Waals surface area contributed by atoms with E-state index in [4.69, 9.17) is 5.73 Å². The zero-order chi connectivity index (χ0) is 13.8. The zero-order valence-corrected chi connectivity index (χ0v) is 13.7. The summed E-state index contributed by atoms with van der Waals surface area (Å²) in [5, 5.41) is 2.14. The molecule has 0 bridgehead atoms. The summed E-state index contributed by atoms with van der Waals surface area (Å²) in [5.41, 5.74) is 7.85. The standard InChI is InChI=1S/C15H19BrN2S/c1-11(2)18(9-15-7-13(16)10-19-15)8-12-3-5-14(17)6-4-12/h3-7,10-11H,8-9,17H2,1-2H3. The zero-order valence-electron chi connectivity index (χ0n) is 11.3. The van der Waals surface area contributed by atoms with Gasteiger partial charge in [0.15, 0.2) is 0 Å². The highest BCUT2D eigenvalue weighted by molar-refractivity contribution is 9.10. The van der Waals surface area contributed by atoms with Crippen molar-refractivity contribution in [2.24, 2.45) is 0 Å². The molecule has 0 spiro atoms. The molecule has 0 atom stereocenters.